The van der Waals surface area contributed by atoms with E-state index in [0.29, 0.717) is 5.13 Å². The van der Waals surface area contributed by atoms with Gasteiger partial charge in [-0.2, -0.15) is 0 Å². The highest BCUT2D eigenvalue weighted by Gasteiger charge is 2.22. The smallest absolute Gasteiger partial charge is 0.236 e. The Kier molecular flexibility index (Phi) is 6.85. The van der Waals surface area contributed by atoms with Crippen LogP contribution in [0.4, 0.5) is 5.13 Å². The summed E-state index contributed by atoms with van der Waals surface area (Å²) in [5.74, 6) is 1.09. The SMILES string of the molecule is CCn1c(SCC(=O)Nc2nc(-c3ccc(C)c(C)c3)cs2)nnc1-c1csc2c1CCCC2. The summed E-state index contributed by atoms with van der Waals surface area (Å²) in [6, 6.07) is 6.30. The molecule has 1 N–H and O–H groups in total. The number of thioether (sulfide) groups is 1. The van der Waals surface area contributed by atoms with E-state index in [1.54, 1.807) is 0 Å². The number of carbonyl (C=O) groups excluding carboxylic acids is 1. The van der Waals surface area contributed by atoms with Crippen molar-refractivity contribution < 1.29 is 4.79 Å². The van der Waals surface area contributed by atoms with E-state index in [0.717, 1.165) is 35.2 Å². The van der Waals surface area contributed by atoms with Crippen LogP contribution in [0.3, 0.4) is 0 Å². The molecule has 0 aliphatic heterocycles. The first-order chi connectivity index (χ1) is 16.5. The quantitative estimate of drug-likeness (QED) is 0.293. The third-order valence-electron chi connectivity index (χ3n) is 6.22. The van der Waals surface area contributed by atoms with Crippen molar-refractivity contribution in [1.29, 1.82) is 0 Å². The van der Waals surface area contributed by atoms with Gasteiger partial charge in [0.15, 0.2) is 16.1 Å². The molecule has 0 fully saturated rings. The molecule has 6 nitrogen and oxygen atoms in total. The largest absolute Gasteiger partial charge is 0.302 e. The minimum Gasteiger partial charge on any atom is -0.302 e. The fourth-order valence-corrected chi connectivity index (χ4v) is 6.87. The van der Waals surface area contributed by atoms with Gasteiger partial charge in [0.05, 0.1) is 11.4 Å². The molecule has 3 heterocycles. The van der Waals surface area contributed by atoms with E-state index in [1.165, 1.54) is 69.5 Å². The second-order valence-electron chi connectivity index (χ2n) is 8.48. The van der Waals surface area contributed by atoms with Crippen molar-refractivity contribution in [3.05, 3.63) is 50.5 Å². The highest BCUT2D eigenvalue weighted by molar-refractivity contribution is 7.99. The third-order valence-corrected chi connectivity index (χ3v) is 9.03. The number of fused-ring (bicyclic) bond motifs is 1. The normalized spacial score (nSPS) is 13.1. The molecule has 0 radical (unpaired) electrons. The topological polar surface area (TPSA) is 72.7 Å². The molecule has 1 aliphatic rings. The number of carbonyl (C=O) groups is 1. The zero-order chi connectivity index (χ0) is 23.7. The summed E-state index contributed by atoms with van der Waals surface area (Å²) in [6.07, 6.45) is 4.80. The van der Waals surface area contributed by atoms with Crippen LogP contribution in [0.2, 0.25) is 0 Å². The number of benzene rings is 1. The summed E-state index contributed by atoms with van der Waals surface area (Å²) in [5.41, 5.74) is 7.09. The molecule has 0 spiro atoms. The number of hydrogen-bond acceptors (Lipinski definition) is 7. The highest BCUT2D eigenvalue weighted by atomic mass is 32.2. The lowest BCUT2D eigenvalue weighted by Crippen LogP contribution is -2.14. The Hall–Kier alpha value is -2.49. The molecule has 0 saturated heterocycles. The Bertz CT molecular complexity index is 1340. The maximum atomic E-state index is 12.6. The summed E-state index contributed by atoms with van der Waals surface area (Å²) in [5, 5.41) is 17.5. The van der Waals surface area contributed by atoms with E-state index >= 15 is 0 Å². The molecular weight excluding hydrogens is 483 g/mol. The molecule has 1 amide bonds. The van der Waals surface area contributed by atoms with Gasteiger partial charge in [-0.05, 0) is 69.2 Å². The van der Waals surface area contributed by atoms with Gasteiger partial charge in [0.1, 0.15) is 0 Å². The molecule has 0 bridgehead atoms. The van der Waals surface area contributed by atoms with Crippen molar-refractivity contribution in [2.45, 2.75) is 58.2 Å². The number of nitrogens with one attached hydrogen (secondary N) is 1. The molecule has 0 saturated carbocycles. The first-order valence-corrected chi connectivity index (χ1v) is 14.3. The number of aromatic nitrogens is 4. The average molecular weight is 510 g/mol. The molecule has 4 aromatic rings. The summed E-state index contributed by atoms with van der Waals surface area (Å²) < 4.78 is 2.12. The van der Waals surface area contributed by atoms with Gasteiger partial charge in [-0.15, -0.1) is 32.9 Å². The molecule has 34 heavy (non-hydrogen) atoms. The molecule has 0 unspecified atom stereocenters. The van der Waals surface area contributed by atoms with E-state index in [9.17, 15) is 4.79 Å². The Labute approximate surface area is 211 Å². The zero-order valence-corrected chi connectivity index (χ0v) is 22.0. The van der Waals surface area contributed by atoms with Gasteiger partial charge in [-0.1, -0.05) is 23.9 Å². The molecular formula is C25H27N5OS3. The maximum absolute atomic E-state index is 12.6. The second-order valence-corrected chi connectivity index (χ2v) is 11.2. The Morgan fingerprint density at radius 1 is 1.12 bits per heavy atom. The number of rotatable bonds is 7. The van der Waals surface area contributed by atoms with Crippen LogP contribution in [0.25, 0.3) is 22.6 Å². The lowest BCUT2D eigenvalue weighted by atomic mass is 9.96. The summed E-state index contributed by atoms with van der Waals surface area (Å²) in [7, 11) is 0. The molecule has 1 aliphatic carbocycles. The van der Waals surface area contributed by atoms with Crippen LogP contribution in [0.15, 0.2) is 34.1 Å². The van der Waals surface area contributed by atoms with Crippen molar-refractivity contribution in [2.75, 3.05) is 11.1 Å². The minimum absolute atomic E-state index is 0.0916. The van der Waals surface area contributed by atoms with Crippen LogP contribution in [0.1, 0.15) is 41.3 Å². The first-order valence-electron chi connectivity index (χ1n) is 11.5. The number of aryl methyl sites for hydroxylation is 3. The van der Waals surface area contributed by atoms with E-state index in [-0.39, 0.29) is 11.7 Å². The van der Waals surface area contributed by atoms with Crippen LogP contribution in [0.5, 0.6) is 0 Å². The molecule has 1 aromatic carbocycles. The van der Waals surface area contributed by atoms with E-state index in [1.807, 2.05) is 16.7 Å². The Morgan fingerprint density at radius 3 is 2.79 bits per heavy atom. The van der Waals surface area contributed by atoms with Crippen LogP contribution < -0.4 is 5.32 Å². The van der Waals surface area contributed by atoms with Gasteiger partial charge in [-0.3, -0.25) is 4.79 Å². The zero-order valence-electron chi connectivity index (χ0n) is 19.6. The number of hydrogen-bond donors (Lipinski definition) is 1. The van der Waals surface area contributed by atoms with Crippen molar-refractivity contribution in [2.24, 2.45) is 0 Å². The standard InChI is InChI=1S/C25H27N5OS3/c1-4-30-23(19-12-32-21-8-6-5-7-18(19)21)28-29-25(30)34-14-22(31)27-24-26-20(13-33-24)17-10-9-15(2)16(3)11-17/h9-13H,4-8,14H2,1-3H3,(H,26,27,31). The predicted octanol–water partition coefficient (Wildman–Crippen LogP) is 6.38. The van der Waals surface area contributed by atoms with Crippen LogP contribution in [-0.4, -0.2) is 31.4 Å². The van der Waals surface area contributed by atoms with E-state index in [2.05, 4.69) is 69.4 Å². The maximum Gasteiger partial charge on any atom is 0.236 e. The van der Waals surface area contributed by atoms with Gasteiger partial charge in [0, 0.05) is 33.3 Å². The molecule has 176 valence electrons. The van der Waals surface area contributed by atoms with Gasteiger partial charge in [0.25, 0.3) is 0 Å². The van der Waals surface area contributed by atoms with Gasteiger partial charge in [0.2, 0.25) is 5.91 Å². The summed E-state index contributed by atoms with van der Waals surface area (Å²) >= 11 is 4.70. The van der Waals surface area contributed by atoms with Crippen LogP contribution in [0, 0.1) is 13.8 Å². The molecule has 5 rings (SSSR count). The predicted molar refractivity (Wildman–Crippen MR) is 142 cm³/mol. The number of anilines is 1. The molecule has 3 aromatic heterocycles. The Morgan fingerprint density at radius 2 is 1.97 bits per heavy atom. The van der Waals surface area contributed by atoms with Crippen molar-refractivity contribution >= 4 is 45.5 Å². The fourth-order valence-electron chi connectivity index (χ4n) is 4.21. The highest BCUT2D eigenvalue weighted by Crippen LogP contribution is 2.37. The van der Waals surface area contributed by atoms with Crippen molar-refractivity contribution in [3.63, 3.8) is 0 Å². The minimum atomic E-state index is -0.0916. The first kappa shape index (κ1) is 23.3. The van der Waals surface area contributed by atoms with Gasteiger partial charge < -0.3 is 9.88 Å². The van der Waals surface area contributed by atoms with Gasteiger partial charge >= 0.3 is 0 Å². The number of thiazole rings is 1. The number of amides is 1. The Balaban J connectivity index is 1.24. The van der Waals surface area contributed by atoms with Crippen molar-refractivity contribution in [3.8, 4) is 22.6 Å². The fraction of sp³-hybridized carbons (Fsp3) is 0.360. The van der Waals surface area contributed by atoms with Gasteiger partial charge in [-0.25, -0.2) is 4.98 Å². The van der Waals surface area contributed by atoms with Crippen LogP contribution >= 0.6 is 34.4 Å². The van der Waals surface area contributed by atoms with Crippen LogP contribution in [-0.2, 0) is 24.2 Å². The monoisotopic (exact) mass is 509 g/mol. The van der Waals surface area contributed by atoms with E-state index in [4.69, 9.17) is 0 Å². The lowest BCUT2D eigenvalue weighted by Gasteiger charge is -2.13. The summed E-state index contributed by atoms with van der Waals surface area (Å²) in [4.78, 5) is 18.7. The number of thiophene rings is 1. The van der Waals surface area contributed by atoms with E-state index < -0.39 is 0 Å². The molecule has 9 heteroatoms. The van der Waals surface area contributed by atoms with Crippen molar-refractivity contribution in [1.82, 2.24) is 19.7 Å². The summed E-state index contributed by atoms with van der Waals surface area (Å²) in [6.45, 7) is 7.06. The lowest BCUT2D eigenvalue weighted by molar-refractivity contribution is -0.113. The molecule has 0 atom stereocenters. The third kappa shape index (κ3) is 4.69. The average Bonchev–Trinajstić information content (AvgIpc) is 3.57. The number of nitrogens with zero attached hydrogens (tertiary/aromatic N) is 4. The second kappa shape index (κ2) is 10.0.